The van der Waals surface area contributed by atoms with Crippen LogP contribution in [-0.4, -0.2) is 257 Å². The number of carbonyl (C=O) groups excluding carboxylic acids is 3. The van der Waals surface area contributed by atoms with Gasteiger partial charge in [-0.25, -0.2) is 39.4 Å². The molecule has 3 amide bonds. The van der Waals surface area contributed by atoms with Crippen LogP contribution < -0.4 is 30.1 Å². The highest BCUT2D eigenvalue weighted by atomic mass is 35.5. The summed E-state index contributed by atoms with van der Waals surface area (Å²) < 4.78 is 139. The van der Waals surface area contributed by atoms with E-state index in [9.17, 15) is 39.6 Å². The first-order valence-corrected chi connectivity index (χ1v) is 45.2. The van der Waals surface area contributed by atoms with Crippen molar-refractivity contribution in [3.05, 3.63) is 230 Å². The Balaban J connectivity index is 0.653. The molecule has 3 aliphatic rings. The zero-order valence-corrected chi connectivity index (χ0v) is 73.4. The number of rotatable bonds is 50. The Morgan fingerprint density at radius 1 is 0.415 bits per heavy atom. The lowest BCUT2D eigenvalue weighted by Crippen LogP contribution is -2.32. The molecule has 0 fully saturated rings. The van der Waals surface area contributed by atoms with Gasteiger partial charge in [0.2, 0.25) is 30.1 Å². The van der Waals surface area contributed by atoms with E-state index in [1.54, 1.807) is 73.7 Å². The van der Waals surface area contributed by atoms with E-state index in [2.05, 4.69) is 51.4 Å². The van der Waals surface area contributed by atoms with Crippen molar-refractivity contribution in [1.29, 1.82) is 0 Å². The number of nitrogens with one attached hydrogen (secondary N) is 6. The van der Waals surface area contributed by atoms with E-state index in [0.29, 0.717) is 75.0 Å². The highest BCUT2D eigenvalue weighted by molar-refractivity contribution is 7.93. The van der Waals surface area contributed by atoms with Gasteiger partial charge in [-0.3, -0.25) is 14.4 Å². The van der Waals surface area contributed by atoms with E-state index in [-0.39, 0.29) is 207 Å². The van der Waals surface area contributed by atoms with Crippen LogP contribution >= 0.6 is 69.6 Å². The second-order valence-corrected chi connectivity index (χ2v) is 36.0. The van der Waals surface area contributed by atoms with Crippen LogP contribution in [0.5, 0.6) is 0 Å². The van der Waals surface area contributed by atoms with E-state index in [4.69, 9.17) is 112 Å². The maximum atomic E-state index is 13.6. The number of nitrogens with zero attached hydrogens (tertiary/aromatic N) is 3. The van der Waals surface area contributed by atoms with Gasteiger partial charge in [0, 0.05) is 143 Å². The second kappa shape index (κ2) is 48.1. The van der Waals surface area contributed by atoms with Gasteiger partial charge in [-0.1, -0.05) is 107 Å². The van der Waals surface area contributed by atoms with Crippen LogP contribution in [0.25, 0.3) is 0 Å². The number of carbonyl (C=O) groups is 3. The Hall–Kier alpha value is -6.06. The fraction of sp³-hybridized carbons (Fsp3) is 0.451. The van der Waals surface area contributed by atoms with Gasteiger partial charge in [0.05, 0.1) is 134 Å². The number of halogens is 6. The van der Waals surface area contributed by atoms with Crippen molar-refractivity contribution in [1.82, 2.24) is 44.8 Å². The van der Waals surface area contributed by atoms with E-state index in [0.717, 1.165) is 44.5 Å². The Bertz CT molecular complexity index is 4620. The van der Waals surface area contributed by atoms with Crippen molar-refractivity contribution in [3.8, 4) is 0 Å². The molecule has 36 heteroatoms. The molecule has 118 heavy (non-hydrogen) atoms. The third-order valence-electron chi connectivity index (χ3n) is 19.2. The van der Waals surface area contributed by atoms with Crippen molar-refractivity contribution in [2.75, 3.05) is 199 Å². The summed E-state index contributed by atoms with van der Waals surface area (Å²) in [5, 5.41) is 11.5. The van der Waals surface area contributed by atoms with E-state index in [1.807, 2.05) is 51.5 Å². The molecule has 0 spiro atoms. The minimum absolute atomic E-state index is 0.00177. The largest absolute Gasteiger partial charge is 0.378 e. The Labute approximate surface area is 722 Å². The van der Waals surface area contributed by atoms with E-state index in [1.165, 1.54) is 24.3 Å². The Morgan fingerprint density at radius 3 is 1.08 bits per heavy atom. The molecule has 3 aliphatic heterocycles. The number of sulfonamides is 3. The van der Waals surface area contributed by atoms with Crippen molar-refractivity contribution in [2.45, 2.75) is 54.1 Å². The molecular formula is C82H103Cl6N9O18S3. The van der Waals surface area contributed by atoms with Crippen LogP contribution in [-0.2, 0) is 92.3 Å². The minimum atomic E-state index is -3.95. The first-order valence-electron chi connectivity index (χ1n) is 38.5. The fourth-order valence-corrected chi connectivity index (χ4v) is 18.5. The second-order valence-electron chi connectivity index (χ2n) is 28.2. The molecule has 9 rings (SSSR count). The summed E-state index contributed by atoms with van der Waals surface area (Å²) in [4.78, 5) is 47.5. The summed E-state index contributed by atoms with van der Waals surface area (Å²) in [6.07, 6.45) is 4.71. The lowest BCUT2D eigenvalue weighted by molar-refractivity contribution is 0.0162. The van der Waals surface area contributed by atoms with Crippen molar-refractivity contribution in [3.63, 3.8) is 0 Å². The molecule has 0 aromatic heterocycles. The van der Waals surface area contributed by atoms with Crippen LogP contribution in [0, 0.1) is 0 Å². The molecule has 0 saturated heterocycles. The molecule has 0 saturated carbocycles. The highest BCUT2D eigenvalue weighted by Crippen LogP contribution is 2.42. The van der Waals surface area contributed by atoms with Gasteiger partial charge < -0.3 is 73.3 Å². The van der Waals surface area contributed by atoms with Crippen molar-refractivity contribution in [2.24, 2.45) is 0 Å². The van der Waals surface area contributed by atoms with Gasteiger partial charge in [-0.2, -0.15) is 0 Å². The average molecular weight is 1810 g/mol. The van der Waals surface area contributed by atoms with Crippen LogP contribution in [0.1, 0.15) is 100 Å². The predicted octanol–water partition coefficient (Wildman–Crippen LogP) is 10.2. The summed E-state index contributed by atoms with van der Waals surface area (Å²) in [6.45, 7) is 13.0. The smallest absolute Gasteiger partial charge is 0.251 e. The topological polar surface area (TPSA) is 319 Å². The number of fused-ring (bicyclic) bond motifs is 3. The normalized spacial score (nSPS) is 16.2. The number of amides is 3. The van der Waals surface area contributed by atoms with Gasteiger partial charge in [0.25, 0.3) is 17.7 Å². The monoisotopic (exact) mass is 1810 g/mol. The molecule has 6 N–H and O–H groups in total. The molecule has 0 bridgehead atoms. The van der Waals surface area contributed by atoms with Gasteiger partial charge in [-0.15, -0.1) is 0 Å². The highest BCUT2D eigenvalue weighted by Gasteiger charge is 2.32. The van der Waals surface area contributed by atoms with Gasteiger partial charge >= 0.3 is 0 Å². The maximum absolute atomic E-state index is 13.6. The molecule has 0 aliphatic carbocycles. The number of hydrogen-bond acceptors (Lipinski definition) is 21. The molecule has 644 valence electrons. The zero-order valence-electron chi connectivity index (χ0n) is 66.4. The molecule has 0 unspecified atom stereocenters. The van der Waals surface area contributed by atoms with Crippen LogP contribution in [0.2, 0.25) is 30.1 Å². The average Bonchev–Trinajstić information content (AvgIpc) is 0.780. The first-order chi connectivity index (χ1) is 56.6. The summed E-state index contributed by atoms with van der Waals surface area (Å²) in [6, 6.07) is 28.5. The fourth-order valence-electron chi connectivity index (χ4n) is 13.5. The molecular weight excluding hydrogens is 1710 g/mol. The number of benzene rings is 6. The number of hydrogen-bond donors (Lipinski definition) is 6. The molecule has 3 atom stereocenters. The first kappa shape index (κ1) is 95.8. The lowest BCUT2D eigenvalue weighted by Gasteiger charge is -2.33. The zero-order chi connectivity index (χ0) is 84.8. The van der Waals surface area contributed by atoms with Crippen molar-refractivity contribution >= 4 is 117 Å². The SMILES string of the molecule is C=C(/C=C(\C=C/C)S(=O)(=O)NCCOCCOCCOCCNC(=O)c1cc(C(=O)NCCOCCOCCOCCNS(=O)(=O)c2cccc([C@@H]3CN(C)Cc4c(Cl)cc(Cl)cc43)c2)cc(C(=O)NCCOCCOCCOCCNS(=O)(=O)c2cccc([C@@H]3CN(C)Cc4c(Cl)cc(Cl)cc43)c2)c1)[C@@H]1CN(C)Cc2c(Cl)cc(Cl)cc21. The van der Waals surface area contributed by atoms with Crippen molar-refractivity contribution < 1.29 is 82.3 Å². The molecule has 6 aromatic rings. The maximum Gasteiger partial charge on any atom is 0.251 e. The standard InChI is InChI=1S/C82H103Cl6N9O18S3/c1-6-9-65(38-56(2)71-50-95(3)53-74-68(71)44-62(83)47-77(74)86)116(101,102)92-17-23-110-29-35-113-32-26-107-20-14-89-80(98)59-39-60(81(99)90-15-21-108-27-33-114-36-30-111-24-18-93-117(103,104)66-12-7-10-57(42-66)72-51-96(4)54-75-69(72)45-63(84)48-78(75)87)41-61(40-59)82(100)91-16-22-109-28-34-115-37-31-112-25-19-94-118(105,106)67-13-8-11-58(43-67)73-52-97(5)55-76-70(73)46-64(85)49-79(76)88/h6-13,38-49,71-73,92-94H,2,14-37,50-55H2,1,3-5H3,(H,89,98)(H,90,99)(H,91,100)/b9-6-,65-38+/t71-,72-,73-/m0/s1. The third kappa shape index (κ3) is 29.6. The predicted molar refractivity (Wildman–Crippen MR) is 458 cm³/mol. The third-order valence-corrected chi connectivity index (χ3v) is 25.2. The van der Waals surface area contributed by atoms with Crippen LogP contribution in [0.15, 0.2) is 148 Å². The lowest BCUT2D eigenvalue weighted by atomic mass is 9.85. The van der Waals surface area contributed by atoms with E-state index < -0.39 is 47.8 Å². The quantitative estimate of drug-likeness (QED) is 0.0153. The molecule has 3 heterocycles. The number of likely N-dealkylation sites (N-methyl/N-ethyl adjacent to an activating group) is 3. The van der Waals surface area contributed by atoms with Gasteiger partial charge in [0.15, 0.2) is 0 Å². The van der Waals surface area contributed by atoms with Crippen LogP contribution in [0.3, 0.4) is 0 Å². The van der Waals surface area contributed by atoms with E-state index >= 15 is 0 Å². The Morgan fingerprint density at radius 2 is 0.729 bits per heavy atom. The molecule has 0 radical (unpaired) electrons. The molecule has 6 aromatic carbocycles. The minimum Gasteiger partial charge on any atom is -0.378 e. The number of ether oxygens (including phenoxy) is 9. The van der Waals surface area contributed by atoms with Gasteiger partial charge in [0.1, 0.15) is 0 Å². The summed E-state index contributed by atoms with van der Waals surface area (Å²) in [5.41, 5.74) is 8.02. The Kier molecular flexibility index (Phi) is 39.1. The van der Waals surface area contributed by atoms with Crippen LogP contribution in [0.4, 0.5) is 0 Å². The number of allylic oxidation sites excluding steroid dienone is 3. The summed E-state index contributed by atoms with van der Waals surface area (Å²) in [5.74, 6) is -2.24. The summed E-state index contributed by atoms with van der Waals surface area (Å²) in [7, 11) is -5.74. The molecule has 27 nitrogen and oxygen atoms in total. The summed E-state index contributed by atoms with van der Waals surface area (Å²) >= 11 is 38.8. The van der Waals surface area contributed by atoms with Gasteiger partial charge in [-0.05, 0) is 169 Å².